The van der Waals surface area contributed by atoms with E-state index in [0.717, 1.165) is 25.8 Å². The van der Waals surface area contributed by atoms with Gasteiger partial charge in [0.1, 0.15) is 18.3 Å². The van der Waals surface area contributed by atoms with Gasteiger partial charge in [-0.05, 0) is 36.4 Å². The molecule has 0 saturated carbocycles. The Balaban J connectivity index is 1.58. The molecule has 0 aliphatic carbocycles. The summed E-state index contributed by atoms with van der Waals surface area (Å²) in [7, 11) is 0. The van der Waals surface area contributed by atoms with Crippen LogP contribution in [0.2, 0.25) is 5.28 Å². The number of rotatable bonds is 4. The molecule has 9 nitrogen and oxygen atoms in total. The summed E-state index contributed by atoms with van der Waals surface area (Å²) in [4.78, 5) is 15.6. The molecule has 2 aliphatic rings. The fourth-order valence-corrected chi connectivity index (χ4v) is 4.74. The van der Waals surface area contributed by atoms with Crippen LogP contribution in [0, 0.1) is 0 Å². The minimum atomic E-state index is -1.24. The number of imidazole rings is 1. The van der Waals surface area contributed by atoms with Gasteiger partial charge in [-0.2, -0.15) is 9.97 Å². The quantitative estimate of drug-likeness (QED) is 0.521. The van der Waals surface area contributed by atoms with Gasteiger partial charge in [-0.15, -0.1) is 0 Å². The predicted molar refractivity (Wildman–Crippen MR) is 114 cm³/mol. The number of anilines is 1. The molecule has 2 saturated heterocycles. The third-order valence-electron chi connectivity index (χ3n) is 6.13. The number of benzene rings is 1. The van der Waals surface area contributed by atoms with Crippen LogP contribution in [0.4, 0.5) is 5.82 Å². The van der Waals surface area contributed by atoms with E-state index in [2.05, 4.69) is 32.0 Å². The van der Waals surface area contributed by atoms with Gasteiger partial charge in [-0.1, -0.05) is 30.3 Å². The number of halogens is 1. The molecule has 5 atom stereocenters. The fraction of sp³-hybridized carbons (Fsp3) is 0.476. The van der Waals surface area contributed by atoms with Crippen molar-refractivity contribution >= 4 is 28.6 Å². The first-order valence-corrected chi connectivity index (χ1v) is 10.8. The highest BCUT2D eigenvalue weighted by Gasteiger charge is 2.44. The second-order valence-corrected chi connectivity index (χ2v) is 8.32. The van der Waals surface area contributed by atoms with E-state index < -0.39 is 31.1 Å². The van der Waals surface area contributed by atoms with E-state index in [1.54, 1.807) is 0 Å². The average molecular weight is 446 g/mol. The van der Waals surface area contributed by atoms with Crippen molar-refractivity contribution in [3.05, 3.63) is 47.5 Å². The van der Waals surface area contributed by atoms with Crippen molar-refractivity contribution in [3.63, 3.8) is 0 Å². The molecule has 2 fully saturated rings. The summed E-state index contributed by atoms with van der Waals surface area (Å²) in [5, 5.41) is 30.1. The van der Waals surface area contributed by atoms with Crippen LogP contribution in [-0.2, 0) is 4.74 Å². The minimum absolute atomic E-state index is 0.0633. The molecule has 2 aliphatic heterocycles. The molecule has 0 amide bonds. The molecule has 0 bridgehead atoms. The first-order chi connectivity index (χ1) is 15.1. The summed E-state index contributed by atoms with van der Waals surface area (Å²) in [6.07, 6.45) is 0.356. The van der Waals surface area contributed by atoms with E-state index in [4.69, 9.17) is 16.3 Å². The zero-order valence-electron chi connectivity index (χ0n) is 16.8. The lowest BCUT2D eigenvalue weighted by Gasteiger charge is -2.37. The number of hydrogen-bond acceptors (Lipinski definition) is 8. The van der Waals surface area contributed by atoms with Crippen molar-refractivity contribution in [2.75, 3.05) is 18.1 Å². The topological polar surface area (TPSA) is 117 Å². The van der Waals surface area contributed by atoms with Crippen molar-refractivity contribution in [2.45, 2.75) is 49.8 Å². The number of piperidine rings is 1. The van der Waals surface area contributed by atoms with Crippen LogP contribution >= 0.6 is 11.6 Å². The largest absolute Gasteiger partial charge is 0.394 e. The highest BCUT2D eigenvalue weighted by atomic mass is 35.5. The van der Waals surface area contributed by atoms with Crippen LogP contribution in [0.1, 0.15) is 37.1 Å². The van der Waals surface area contributed by atoms with Crippen molar-refractivity contribution in [3.8, 4) is 0 Å². The van der Waals surface area contributed by atoms with Gasteiger partial charge < -0.3 is 25.0 Å². The van der Waals surface area contributed by atoms with Crippen LogP contribution in [-0.4, -0.2) is 66.3 Å². The Morgan fingerprint density at radius 3 is 2.65 bits per heavy atom. The monoisotopic (exact) mass is 445 g/mol. The summed E-state index contributed by atoms with van der Waals surface area (Å²) in [6, 6.07) is 10.4. The smallest absolute Gasteiger partial charge is 0.226 e. The highest BCUT2D eigenvalue weighted by Crippen LogP contribution is 2.38. The third-order valence-corrected chi connectivity index (χ3v) is 6.30. The molecule has 31 heavy (non-hydrogen) atoms. The Morgan fingerprint density at radius 1 is 1.10 bits per heavy atom. The molecule has 2 aromatic heterocycles. The second-order valence-electron chi connectivity index (χ2n) is 7.98. The zero-order chi connectivity index (χ0) is 21.5. The molecule has 5 rings (SSSR count). The Labute approximate surface area is 183 Å². The first-order valence-electron chi connectivity index (χ1n) is 10.4. The lowest BCUT2D eigenvalue weighted by molar-refractivity contribution is -0.0511. The summed E-state index contributed by atoms with van der Waals surface area (Å²) in [5.41, 5.74) is 2.15. The predicted octanol–water partition coefficient (Wildman–Crippen LogP) is 1.82. The number of hydrogen-bond donors (Lipinski definition) is 3. The number of fused-ring (bicyclic) bond motifs is 1. The summed E-state index contributed by atoms with van der Waals surface area (Å²) in [5.74, 6) is 0.633. The standard InChI is InChI=1S/C21H24ClN5O4/c22-21-24-18(26-9-5-4-8-13(26)12-6-2-1-3-7-12)15-19(25-21)27(11-23-15)20-17(30)16(29)14(10-28)31-20/h1-3,6-7,11,13-14,16-17,20,28-30H,4-5,8-10H2/t13?,14-,16-,17-,20-/m1/s1. The molecule has 164 valence electrons. The molecular weight excluding hydrogens is 422 g/mol. The molecule has 4 heterocycles. The fourth-order valence-electron chi connectivity index (χ4n) is 4.58. The molecule has 1 aromatic carbocycles. The molecule has 3 N–H and O–H groups in total. The Morgan fingerprint density at radius 2 is 1.90 bits per heavy atom. The lowest BCUT2D eigenvalue weighted by atomic mass is 9.95. The third kappa shape index (κ3) is 3.56. The number of nitrogens with zero attached hydrogens (tertiary/aromatic N) is 5. The second kappa shape index (κ2) is 8.33. The van der Waals surface area contributed by atoms with Gasteiger partial charge in [-0.3, -0.25) is 4.57 Å². The van der Waals surface area contributed by atoms with Crippen molar-refractivity contribution in [2.24, 2.45) is 0 Å². The van der Waals surface area contributed by atoms with E-state index in [1.165, 1.54) is 16.5 Å². The average Bonchev–Trinajstić information content (AvgIpc) is 3.34. The van der Waals surface area contributed by atoms with Gasteiger partial charge in [0.25, 0.3) is 0 Å². The molecule has 10 heteroatoms. The van der Waals surface area contributed by atoms with Crippen LogP contribution < -0.4 is 4.90 Å². The van der Waals surface area contributed by atoms with Crippen LogP contribution in [0.3, 0.4) is 0 Å². The Bertz CT molecular complexity index is 1060. The van der Waals surface area contributed by atoms with Crippen LogP contribution in [0.5, 0.6) is 0 Å². The summed E-state index contributed by atoms with van der Waals surface area (Å²) < 4.78 is 7.20. The maximum absolute atomic E-state index is 10.4. The maximum Gasteiger partial charge on any atom is 0.226 e. The number of aliphatic hydroxyl groups is 3. The van der Waals surface area contributed by atoms with E-state index in [9.17, 15) is 15.3 Å². The van der Waals surface area contributed by atoms with Crippen molar-refractivity contribution < 1.29 is 20.1 Å². The molecule has 3 aromatic rings. The normalized spacial score (nSPS) is 29.0. The van der Waals surface area contributed by atoms with Gasteiger partial charge in [0.2, 0.25) is 5.28 Å². The highest BCUT2D eigenvalue weighted by molar-refractivity contribution is 6.28. The van der Waals surface area contributed by atoms with E-state index in [0.29, 0.717) is 17.0 Å². The zero-order valence-corrected chi connectivity index (χ0v) is 17.5. The first kappa shape index (κ1) is 20.6. The van der Waals surface area contributed by atoms with Gasteiger partial charge in [0.15, 0.2) is 23.2 Å². The van der Waals surface area contributed by atoms with Gasteiger partial charge >= 0.3 is 0 Å². The molecule has 0 radical (unpaired) electrons. The summed E-state index contributed by atoms with van der Waals surface area (Å²) in [6.45, 7) is 0.400. The summed E-state index contributed by atoms with van der Waals surface area (Å²) >= 11 is 6.31. The number of aliphatic hydroxyl groups excluding tert-OH is 3. The van der Waals surface area contributed by atoms with E-state index in [1.807, 2.05) is 18.2 Å². The molecular formula is C21H24ClN5O4. The molecule has 1 unspecified atom stereocenters. The number of aromatic nitrogens is 4. The van der Waals surface area contributed by atoms with Gasteiger partial charge in [0, 0.05) is 6.54 Å². The maximum atomic E-state index is 10.4. The Hall–Kier alpha value is -2.30. The molecule has 0 spiro atoms. The van der Waals surface area contributed by atoms with E-state index in [-0.39, 0.29) is 11.3 Å². The van der Waals surface area contributed by atoms with Gasteiger partial charge in [-0.25, -0.2) is 4.98 Å². The number of ether oxygens (including phenoxy) is 1. The SMILES string of the molecule is OC[C@H]1O[C@@H](n2cnc3c(N4CCCCC4c4ccccc4)nc(Cl)nc32)[C@H](O)[C@@H]1O. The van der Waals surface area contributed by atoms with Crippen molar-refractivity contribution in [1.29, 1.82) is 0 Å². The van der Waals surface area contributed by atoms with Crippen LogP contribution in [0.25, 0.3) is 11.2 Å². The minimum Gasteiger partial charge on any atom is -0.394 e. The Kier molecular flexibility index (Phi) is 5.53. The van der Waals surface area contributed by atoms with Gasteiger partial charge in [0.05, 0.1) is 19.0 Å². The lowest BCUT2D eigenvalue weighted by Crippen LogP contribution is -2.34. The van der Waals surface area contributed by atoms with E-state index >= 15 is 0 Å². The van der Waals surface area contributed by atoms with Crippen molar-refractivity contribution in [1.82, 2.24) is 19.5 Å². The van der Waals surface area contributed by atoms with Crippen LogP contribution in [0.15, 0.2) is 36.7 Å².